The highest BCUT2D eigenvalue weighted by Gasteiger charge is 2.46. The Hall–Kier alpha value is -4.37. The van der Waals surface area contributed by atoms with Crippen molar-refractivity contribution in [1.82, 2.24) is 4.31 Å². The van der Waals surface area contributed by atoms with Crippen LogP contribution >= 0.6 is 12.0 Å². The molecule has 18 nitrogen and oxygen atoms in total. The van der Waals surface area contributed by atoms with Crippen LogP contribution in [0, 0.1) is 5.41 Å². The van der Waals surface area contributed by atoms with Gasteiger partial charge in [-0.2, -0.15) is 8.91 Å². The lowest BCUT2D eigenvalue weighted by Crippen LogP contribution is -2.29. The smallest absolute Gasteiger partial charge is 0.243 e. The molecule has 0 aliphatic carbocycles. The molecule has 0 fully saturated rings. The van der Waals surface area contributed by atoms with Crippen LogP contribution < -0.4 is 10.2 Å². The van der Waals surface area contributed by atoms with Crippen LogP contribution in [0.3, 0.4) is 0 Å². The Labute approximate surface area is 420 Å². The van der Waals surface area contributed by atoms with E-state index in [0.29, 0.717) is 70.3 Å². The highest BCUT2D eigenvalue weighted by Crippen LogP contribution is 2.52. The van der Waals surface area contributed by atoms with E-state index in [2.05, 4.69) is 9.37 Å². The Balaban J connectivity index is 1.40. The maximum absolute atomic E-state index is 14.1. The molecule has 0 radical (unpaired) electrons. The van der Waals surface area contributed by atoms with Gasteiger partial charge in [0.2, 0.25) is 15.7 Å². The molecule has 2 aliphatic rings. The highest BCUT2D eigenvalue weighted by molar-refractivity contribution is 7.94. The third kappa shape index (κ3) is 11.9. The number of carbonyl (C=O) groups is 1. The molecule has 0 amide bonds. The number of allylic oxidation sites excluding steroid dienone is 6. The summed E-state index contributed by atoms with van der Waals surface area (Å²) >= 11 is 0.779. The molecule has 23 heteroatoms. The van der Waals surface area contributed by atoms with Crippen molar-refractivity contribution in [3.8, 4) is 0 Å². The van der Waals surface area contributed by atoms with Gasteiger partial charge in [-0.05, 0) is 79.4 Å². The van der Waals surface area contributed by atoms with E-state index in [1.807, 2.05) is 70.1 Å². The summed E-state index contributed by atoms with van der Waals surface area (Å²) in [5.41, 5.74) is 1.47. The summed E-state index contributed by atoms with van der Waals surface area (Å²) in [6.07, 6.45) is 9.86. The zero-order valence-electron chi connectivity index (χ0n) is 40.5. The van der Waals surface area contributed by atoms with Gasteiger partial charge in [-0.15, -0.1) is 0 Å². The van der Waals surface area contributed by atoms with Gasteiger partial charge in [-0.3, -0.25) is 9.83 Å². The molecule has 386 valence electrons. The van der Waals surface area contributed by atoms with Crippen molar-refractivity contribution in [2.45, 2.75) is 99.7 Å². The zero-order chi connectivity index (χ0) is 52.7. The fourth-order valence-electron chi connectivity index (χ4n) is 9.51. The molecule has 6 rings (SSSR count). The van der Waals surface area contributed by atoms with Gasteiger partial charge in [0.25, 0.3) is 0 Å². The predicted molar refractivity (Wildman–Crippen MR) is 265 cm³/mol. The molecule has 2 aliphatic heterocycles. The number of rotatable bonds is 21. The van der Waals surface area contributed by atoms with Crippen LogP contribution in [0.2, 0.25) is 0 Å². The lowest BCUT2D eigenvalue weighted by Gasteiger charge is -2.27. The van der Waals surface area contributed by atoms with E-state index in [4.69, 9.17) is 0 Å². The third-order valence-electron chi connectivity index (χ3n) is 12.9. The van der Waals surface area contributed by atoms with Gasteiger partial charge in [-0.25, -0.2) is 38.0 Å². The van der Waals surface area contributed by atoms with Crippen LogP contribution in [-0.4, -0.2) is 106 Å². The quantitative estimate of drug-likeness (QED) is 0.0171. The van der Waals surface area contributed by atoms with E-state index in [-0.39, 0.29) is 47.4 Å². The minimum absolute atomic E-state index is 0.00518. The zero-order valence-corrected chi connectivity index (χ0v) is 44.5. The van der Waals surface area contributed by atoms with Gasteiger partial charge < -0.3 is 23.8 Å². The molecule has 4 aromatic rings. The predicted octanol–water partition coefficient (Wildman–Crippen LogP) is 6.18. The number of hydrogen-bond donors (Lipinski definition) is 0. The molecule has 0 spiro atoms. The van der Waals surface area contributed by atoms with Crippen molar-refractivity contribution < 1.29 is 71.3 Å². The SMILES string of the molecule is CN(CCCC(=O)C(C)(C)C)S(=O)(=O)c1cccc2c3c(ccc12)N(CCCS(=O)(=O)[O-])/C(=C/C=C/C=C/C1=[N+](CCCSOO[O-])c2ccc4c(S(=O)(=O)[O-])cc(S(=O)(=O)[O-])cc4c2C1(C)C)C3(C)C. The van der Waals surface area contributed by atoms with Gasteiger partial charge in [0.1, 0.15) is 32.6 Å². The average Bonchev–Trinajstić information content (AvgIpc) is 3.61. The summed E-state index contributed by atoms with van der Waals surface area (Å²) in [5.74, 6) is -0.274. The number of ketones is 1. The summed E-state index contributed by atoms with van der Waals surface area (Å²) in [7, 11) is -17.6. The largest absolute Gasteiger partial charge is 0.748 e. The first-order valence-electron chi connectivity index (χ1n) is 22.4. The lowest BCUT2D eigenvalue weighted by atomic mass is 9.79. The minimum atomic E-state index is -5.25. The summed E-state index contributed by atoms with van der Waals surface area (Å²) in [4.78, 5) is 12.8. The summed E-state index contributed by atoms with van der Waals surface area (Å²) in [6.45, 7) is 13.6. The standard InChI is InChI=1S/C48H59N3O15S5/c1-46(2,3)43(52)20-13-25-49(8)69(57,58)39-17-12-16-35-33(39)21-23-37-44(35)47(4,5)41(51(37)27-15-29-68(54,55)56)18-10-9-11-19-42-48(6,7)45-36-30-32(70(59,60)61)31-40(71(62,63)64)34(36)22-24-38(45)50(42)26-14-28-67-66-65-53/h9-12,16-19,21-24,30-31H,13-15,20,25-29H2,1-8H3,(H3-,53,54,55,56,59,60,61,62,63,64)/p-3. The molecular weight excluding hydrogens is 1020 g/mol. The number of fused-ring (bicyclic) bond motifs is 6. The van der Waals surface area contributed by atoms with Crippen LogP contribution in [0.4, 0.5) is 11.4 Å². The van der Waals surface area contributed by atoms with Gasteiger partial charge in [0, 0.05) is 107 Å². The van der Waals surface area contributed by atoms with Crippen molar-refractivity contribution in [2.24, 2.45) is 5.41 Å². The van der Waals surface area contributed by atoms with Crippen molar-refractivity contribution in [3.05, 3.63) is 102 Å². The number of sulfonamides is 1. The molecule has 71 heavy (non-hydrogen) atoms. The maximum atomic E-state index is 14.1. The molecule has 0 aromatic heterocycles. The molecular formula is C48H56N3O15S5-3. The summed E-state index contributed by atoms with van der Waals surface area (Å²) in [6, 6.07) is 13.2. The second-order valence-corrected chi connectivity index (χ2v) is 26.5. The number of carbonyl (C=O) groups excluding carboxylic acids is 1. The molecule has 0 unspecified atom stereocenters. The van der Waals surface area contributed by atoms with E-state index >= 15 is 0 Å². The van der Waals surface area contributed by atoms with Crippen LogP contribution in [0.25, 0.3) is 21.5 Å². The first-order chi connectivity index (χ1) is 32.8. The number of benzene rings is 4. The highest BCUT2D eigenvalue weighted by atomic mass is 32.2. The van der Waals surface area contributed by atoms with Gasteiger partial charge in [-0.1, -0.05) is 71.0 Å². The molecule has 2 heterocycles. The topological polar surface area (TPSA) is 274 Å². The van der Waals surface area contributed by atoms with Crippen molar-refractivity contribution in [2.75, 3.05) is 43.1 Å². The van der Waals surface area contributed by atoms with Crippen LogP contribution in [0.15, 0.2) is 105 Å². The average molecular weight is 1080 g/mol. The maximum Gasteiger partial charge on any atom is 0.243 e. The molecule has 0 bridgehead atoms. The first kappa shape index (κ1) is 55.9. The van der Waals surface area contributed by atoms with E-state index in [1.165, 1.54) is 23.5 Å². The third-order valence-corrected chi connectivity index (χ3v) is 17.9. The number of anilines is 1. The Bertz CT molecular complexity index is 3360. The van der Waals surface area contributed by atoms with E-state index in [0.717, 1.165) is 23.7 Å². The number of nitrogens with zero attached hydrogens (tertiary/aromatic N) is 3. The van der Waals surface area contributed by atoms with Gasteiger partial charge in [0.15, 0.2) is 5.71 Å². The summed E-state index contributed by atoms with van der Waals surface area (Å²) < 4.78 is 145. The fraction of sp³-hybridized carbons (Fsp3) is 0.417. The molecule has 4 aromatic carbocycles. The Morgan fingerprint density at radius 3 is 2.10 bits per heavy atom. The van der Waals surface area contributed by atoms with Crippen molar-refractivity contribution in [3.63, 3.8) is 0 Å². The normalized spacial score (nSPS) is 17.0. The lowest BCUT2D eigenvalue weighted by molar-refractivity contribution is -0.777. The van der Waals surface area contributed by atoms with Crippen molar-refractivity contribution >= 4 is 96.8 Å². The Morgan fingerprint density at radius 1 is 0.789 bits per heavy atom. The van der Waals surface area contributed by atoms with Gasteiger partial charge >= 0.3 is 0 Å². The Kier molecular flexibility index (Phi) is 16.4. The second-order valence-electron chi connectivity index (χ2n) is 19.5. The molecule has 0 saturated carbocycles. The first-order valence-corrected chi connectivity index (χ1v) is 29.2. The molecule has 0 saturated heterocycles. The van der Waals surface area contributed by atoms with Gasteiger partial charge in [0.05, 0.1) is 30.2 Å². The minimum Gasteiger partial charge on any atom is -0.748 e. The fourth-order valence-corrected chi connectivity index (χ4v) is 13.1. The second kappa shape index (κ2) is 20.9. The van der Waals surface area contributed by atoms with Crippen LogP contribution in [0.1, 0.15) is 85.3 Å². The molecule has 0 atom stereocenters. The molecule has 0 N–H and O–H groups in total. The van der Waals surface area contributed by atoms with E-state index in [1.54, 1.807) is 48.6 Å². The van der Waals surface area contributed by atoms with Crippen molar-refractivity contribution in [1.29, 1.82) is 0 Å². The summed E-state index contributed by atoms with van der Waals surface area (Å²) in [5, 5.41) is 15.0. The monoisotopic (exact) mass is 1070 g/mol. The van der Waals surface area contributed by atoms with E-state index in [9.17, 15) is 57.4 Å². The van der Waals surface area contributed by atoms with Crippen LogP contribution in [-0.2, 0) is 65.4 Å². The Morgan fingerprint density at radius 2 is 1.46 bits per heavy atom. The number of Topliss-reactive ketones (excluding diaryl/α,β-unsaturated/α-hetero) is 1. The number of hydrogen-bond acceptors (Lipinski definition) is 17. The van der Waals surface area contributed by atoms with Crippen LogP contribution in [0.5, 0.6) is 0 Å². The van der Waals surface area contributed by atoms with E-state index < -0.39 is 72.2 Å².